The first-order valence-corrected chi connectivity index (χ1v) is 7.85. The van der Waals surface area contributed by atoms with Crippen LogP contribution in [0.3, 0.4) is 0 Å². The van der Waals surface area contributed by atoms with Crippen molar-refractivity contribution in [1.82, 2.24) is 4.90 Å². The number of nitrogens with zero attached hydrogens (tertiary/aromatic N) is 2. The first-order chi connectivity index (χ1) is 9.58. The lowest BCUT2D eigenvalue weighted by molar-refractivity contribution is 0.253. The molecule has 0 unspecified atom stereocenters. The minimum absolute atomic E-state index is 0.651. The van der Waals surface area contributed by atoms with Crippen LogP contribution in [-0.2, 0) is 0 Å². The molecule has 20 heavy (non-hydrogen) atoms. The van der Waals surface area contributed by atoms with Crippen molar-refractivity contribution in [2.75, 3.05) is 37.8 Å². The Morgan fingerprint density at radius 3 is 2.30 bits per heavy atom. The van der Waals surface area contributed by atoms with E-state index in [0.29, 0.717) is 6.04 Å². The lowest BCUT2D eigenvalue weighted by Gasteiger charge is -2.36. The second-order valence-electron chi connectivity index (χ2n) is 5.74. The van der Waals surface area contributed by atoms with Gasteiger partial charge in [-0.2, -0.15) is 0 Å². The zero-order valence-electron chi connectivity index (χ0n) is 13.6. The first kappa shape index (κ1) is 16.8. The van der Waals surface area contributed by atoms with Crippen molar-refractivity contribution in [3.05, 3.63) is 24.3 Å². The molecule has 1 aliphatic heterocycles. The minimum Gasteiger partial charge on any atom is -0.399 e. The van der Waals surface area contributed by atoms with Gasteiger partial charge in [0.25, 0.3) is 0 Å². The molecule has 0 aliphatic carbocycles. The molecule has 3 nitrogen and oxygen atoms in total. The van der Waals surface area contributed by atoms with Crippen LogP contribution in [0.15, 0.2) is 24.3 Å². The molecule has 1 aliphatic rings. The van der Waals surface area contributed by atoms with E-state index in [2.05, 4.69) is 49.9 Å². The highest BCUT2D eigenvalue weighted by molar-refractivity contribution is 5.56. The molecule has 1 aromatic rings. The van der Waals surface area contributed by atoms with E-state index in [0.717, 1.165) is 5.69 Å². The number of nitrogen functional groups attached to an aromatic ring is 1. The van der Waals surface area contributed by atoms with E-state index in [9.17, 15) is 0 Å². The van der Waals surface area contributed by atoms with Crippen LogP contribution < -0.4 is 10.6 Å². The Labute approximate surface area is 124 Å². The third-order valence-electron chi connectivity index (χ3n) is 4.01. The number of anilines is 2. The summed E-state index contributed by atoms with van der Waals surface area (Å²) in [6, 6.07) is 8.80. The van der Waals surface area contributed by atoms with Crippen LogP contribution in [0.2, 0.25) is 0 Å². The molecule has 1 fully saturated rings. The van der Waals surface area contributed by atoms with Crippen molar-refractivity contribution in [2.45, 2.75) is 45.6 Å². The molecule has 0 saturated carbocycles. The highest BCUT2D eigenvalue weighted by Crippen LogP contribution is 2.23. The Hall–Kier alpha value is -1.22. The van der Waals surface area contributed by atoms with Gasteiger partial charge in [-0.05, 0) is 51.2 Å². The standard InChI is InChI=1S/C13H21N3.C4H10/c1-15-8-6-12(7-9-15)16(2)13-5-3-4-11(14)10-13;1-3-4-2/h3-5,10,12H,6-9,14H2,1-2H3;3-4H2,1-2H3. The highest BCUT2D eigenvalue weighted by Gasteiger charge is 2.20. The van der Waals surface area contributed by atoms with Crippen LogP contribution in [0, 0.1) is 0 Å². The van der Waals surface area contributed by atoms with Gasteiger partial charge in [-0.15, -0.1) is 0 Å². The SMILES string of the molecule is CCCC.CN1CCC(N(C)c2cccc(N)c2)CC1. The minimum atomic E-state index is 0.651. The van der Waals surface area contributed by atoms with E-state index < -0.39 is 0 Å². The van der Waals surface area contributed by atoms with Crippen molar-refractivity contribution in [3.8, 4) is 0 Å². The Morgan fingerprint density at radius 2 is 1.80 bits per heavy atom. The molecule has 1 aromatic carbocycles. The molecular weight excluding hydrogens is 246 g/mol. The fraction of sp³-hybridized carbons (Fsp3) is 0.647. The number of rotatable bonds is 3. The topological polar surface area (TPSA) is 32.5 Å². The summed E-state index contributed by atoms with van der Waals surface area (Å²) in [5, 5.41) is 0. The number of piperidine rings is 1. The van der Waals surface area contributed by atoms with Crippen molar-refractivity contribution in [2.24, 2.45) is 0 Å². The molecule has 0 radical (unpaired) electrons. The summed E-state index contributed by atoms with van der Waals surface area (Å²) < 4.78 is 0. The number of hydrogen-bond donors (Lipinski definition) is 1. The Bertz CT molecular complexity index is 368. The maximum Gasteiger partial charge on any atom is 0.0386 e. The zero-order valence-corrected chi connectivity index (χ0v) is 13.6. The van der Waals surface area contributed by atoms with Gasteiger partial charge in [0.05, 0.1) is 0 Å². The normalized spacial score (nSPS) is 16.4. The molecule has 1 saturated heterocycles. The third kappa shape index (κ3) is 5.41. The van der Waals surface area contributed by atoms with Gasteiger partial charge >= 0.3 is 0 Å². The second kappa shape index (κ2) is 8.85. The first-order valence-electron chi connectivity index (χ1n) is 7.85. The van der Waals surface area contributed by atoms with Gasteiger partial charge in [0.2, 0.25) is 0 Å². The maximum absolute atomic E-state index is 5.81. The fourth-order valence-corrected chi connectivity index (χ4v) is 2.34. The maximum atomic E-state index is 5.81. The second-order valence-corrected chi connectivity index (χ2v) is 5.74. The van der Waals surface area contributed by atoms with Gasteiger partial charge in [-0.25, -0.2) is 0 Å². The molecule has 2 rings (SSSR count). The van der Waals surface area contributed by atoms with Crippen molar-refractivity contribution in [1.29, 1.82) is 0 Å². The smallest absolute Gasteiger partial charge is 0.0386 e. The molecule has 1 heterocycles. The van der Waals surface area contributed by atoms with E-state index in [1.807, 2.05) is 12.1 Å². The monoisotopic (exact) mass is 277 g/mol. The molecule has 0 bridgehead atoms. The lowest BCUT2D eigenvalue weighted by Crippen LogP contribution is -2.41. The van der Waals surface area contributed by atoms with E-state index in [-0.39, 0.29) is 0 Å². The summed E-state index contributed by atoms with van der Waals surface area (Å²) in [4.78, 5) is 4.76. The van der Waals surface area contributed by atoms with Crippen molar-refractivity contribution >= 4 is 11.4 Å². The van der Waals surface area contributed by atoms with E-state index >= 15 is 0 Å². The van der Waals surface area contributed by atoms with Crippen LogP contribution >= 0.6 is 0 Å². The third-order valence-corrected chi connectivity index (χ3v) is 4.01. The van der Waals surface area contributed by atoms with Gasteiger partial charge in [0.1, 0.15) is 0 Å². The van der Waals surface area contributed by atoms with Crippen LogP contribution in [0.4, 0.5) is 11.4 Å². The predicted octanol–water partition coefficient (Wildman–Crippen LogP) is 3.61. The van der Waals surface area contributed by atoms with Gasteiger partial charge in [-0.3, -0.25) is 0 Å². The summed E-state index contributed by atoms with van der Waals surface area (Å²) in [5.74, 6) is 0. The van der Waals surface area contributed by atoms with Crippen LogP contribution in [0.1, 0.15) is 39.5 Å². The van der Waals surface area contributed by atoms with Crippen LogP contribution in [-0.4, -0.2) is 38.1 Å². The van der Waals surface area contributed by atoms with Crippen LogP contribution in [0.25, 0.3) is 0 Å². The average Bonchev–Trinajstić information content (AvgIpc) is 2.47. The lowest BCUT2D eigenvalue weighted by atomic mass is 10.0. The van der Waals surface area contributed by atoms with Crippen molar-refractivity contribution < 1.29 is 0 Å². The summed E-state index contributed by atoms with van der Waals surface area (Å²) in [5.41, 5.74) is 7.89. The van der Waals surface area contributed by atoms with E-state index in [1.165, 1.54) is 44.5 Å². The Morgan fingerprint density at radius 1 is 1.20 bits per heavy atom. The largest absolute Gasteiger partial charge is 0.399 e. The van der Waals surface area contributed by atoms with Crippen LogP contribution in [0.5, 0.6) is 0 Å². The molecule has 0 spiro atoms. The number of hydrogen-bond acceptors (Lipinski definition) is 3. The molecule has 0 aromatic heterocycles. The molecule has 0 amide bonds. The Balaban J connectivity index is 0.000000444. The molecule has 3 heteroatoms. The van der Waals surface area contributed by atoms with Gasteiger partial charge in [-0.1, -0.05) is 32.8 Å². The number of unbranched alkanes of at least 4 members (excludes halogenated alkanes) is 1. The van der Waals surface area contributed by atoms with E-state index in [4.69, 9.17) is 5.73 Å². The predicted molar refractivity (Wildman–Crippen MR) is 90.4 cm³/mol. The van der Waals surface area contributed by atoms with Crippen molar-refractivity contribution in [3.63, 3.8) is 0 Å². The van der Waals surface area contributed by atoms with Gasteiger partial charge in [0.15, 0.2) is 0 Å². The molecular formula is C17H31N3. The summed E-state index contributed by atoms with van der Waals surface area (Å²) >= 11 is 0. The summed E-state index contributed by atoms with van der Waals surface area (Å²) in [7, 11) is 4.36. The number of benzene rings is 1. The quantitative estimate of drug-likeness (QED) is 0.857. The number of nitrogens with two attached hydrogens (primary N) is 1. The fourth-order valence-electron chi connectivity index (χ4n) is 2.34. The molecule has 0 atom stereocenters. The summed E-state index contributed by atoms with van der Waals surface area (Å²) in [6.07, 6.45) is 5.11. The van der Waals surface area contributed by atoms with Gasteiger partial charge < -0.3 is 15.5 Å². The summed E-state index contributed by atoms with van der Waals surface area (Å²) in [6.45, 7) is 6.74. The number of likely N-dealkylation sites (tertiary alicyclic amines) is 1. The van der Waals surface area contributed by atoms with E-state index in [1.54, 1.807) is 0 Å². The Kier molecular flexibility index (Phi) is 7.45. The zero-order chi connectivity index (χ0) is 15.0. The molecule has 114 valence electrons. The molecule has 2 N–H and O–H groups in total. The average molecular weight is 277 g/mol. The van der Waals surface area contributed by atoms with Gasteiger partial charge in [0, 0.05) is 24.5 Å². The highest BCUT2D eigenvalue weighted by atomic mass is 15.2.